The Hall–Kier alpha value is -2.58. The Labute approximate surface area is 176 Å². The van der Waals surface area contributed by atoms with Crippen LogP contribution in [0.15, 0.2) is 41.9 Å². The molecule has 2 amide bonds. The number of thiazole rings is 1. The molecule has 29 heavy (non-hydrogen) atoms. The average Bonchev–Trinajstić information content (AvgIpc) is 3.43. The second-order valence-corrected chi connectivity index (χ2v) is 8.94. The van der Waals surface area contributed by atoms with Gasteiger partial charge in [0.05, 0.1) is 14.9 Å². The van der Waals surface area contributed by atoms with Crippen LogP contribution in [-0.2, 0) is 13.0 Å². The van der Waals surface area contributed by atoms with Crippen LogP contribution in [0.2, 0.25) is 0 Å². The molecule has 0 saturated carbocycles. The Bertz CT molecular complexity index is 1020. The molecule has 0 spiro atoms. The van der Waals surface area contributed by atoms with Gasteiger partial charge >= 0.3 is 6.03 Å². The number of hydrogen-bond acceptors (Lipinski definition) is 5. The first-order valence-corrected chi connectivity index (χ1v) is 11.0. The number of thiophene rings is 1. The zero-order valence-corrected chi connectivity index (χ0v) is 17.6. The molecule has 0 unspecified atom stereocenters. The molecule has 0 bridgehead atoms. The number of carbonyl (C=O) groups is 2. The van der Waals surface area contributed by atoms with Gasteiger partial charge in [0, 0.05) is 44.1 Å². The van der Waals surface area contributed by atoms with E-state index in [4.69, 9.17) is 0 Å². The summed E-state index contributed by atoms with van der Waals surface area (Å²) in [5, 5.41) is 3.66. The van der Waals surface area contributed by atoms with Crippen molar-refractivity contribution in [1.29, 1.82) is 0 Å². The number of benzene rings is 1. The van der Waals surface area contributed by atoms with Crippen LogP contribution in [0.4, 0.5) is 14.2 Å². The quantitative estimate of drug-likeness (QED) is 0.502. The van der Waals surface area contributed by atoms with Crippen molar-refractivity contribution in [3.8, 4) is 0 Å². The lowest BCUT2D eigenvalue weighted by Gasteiger charge is -2.17. The summed E-state index contributed by atoms with van der Waals surface area (Å²) >= 11 is 2.93. The molecule has 2 aromatic heterocycles. The number of nitrogens with zero attached hydrogens (tertiary/aromatic N) is 3. The monoisotopic (exact) mass is 429 g/mol. The largest absolute Gasteiger partial charge is 0.325 e. The molecule has 0 aliphatic carbocycles. The molecule has 0 radical (unpaired) electrons. The number of carbonyl (C=O) groups excluding carboxylic acids is 2. The van der Waals surface area contributed by atoms with Crippen LogP contribution in [0.1, 0.15) is 32.2 Å². The molecule has 4 rings (SSSR count). The maximum atomic E-state index is 13.1. The third-order valence-electron chi connectivity index (χ3n) is 4.86. The van der Waals surface area contributed by atoms with E-state index in [1.54, 1.807) is 39.5 Å². The first kappa shape index (κ1) is 19.7. The van der Waals surface area contributed by atoms with Crippen molar-refractivity contribution in [2.45, 2.75) is 26.3 Å². The van der Waals surface area contributed by atoms with Gasteiger partial charge in [-0.15, -0.1) is 22.7 Å². The molecule has 1 saturated heterocycles. The van der Waals surface area contributed by atoms with Gasteiger partial charge in [0.15, 0.2) is 5.78 Å². The molecule has 150 valence electrons. The van der Waals surface area contributed by atoms with Gasteiger partial charge in [-0.3, -0.25) is 9.69 Å². The van der Waals surface area contributed by atoms with Crippen LogP contribution in [0.25, 0.3) is 0 Å². The number of ketones is 1. The average molecular weight is 430 g/mol. The Morgan fingerprint density at radius 2 is 2.03 bits per heavy atom. The van der Waals surface area contributed by atoms with Crippen molar-refractivity contribution < 1.29 is 14.0 Å². The van der Waals surface area contributed by atoms with E-state index in [1.807, 2.05) is 18.4 Å². The summed E-state index contributed by atoms with van der Waals surface area (Å²) in [5.41, 5.74) is 1.79. The molecule has 1 aliphatic rings. The minimum absolute atomic E-state index is 0.0858. The van der Waals surface area contributed by atoms with Crippen molar-refractivity contribution in [1.82, 2.24) is 9.88 Å². The molecular weight excluding hydrogens is 409 g/mol. The zero-order chi connectivity index (χ0) is 20.4. The number of aromatic nitrogens is 1. The SMILES string of the molecule is Cc1cc(N2CCN(Cc3ccc(F)cc3)C2=O)sc1C(=O)CCc1nccs1. The minimum atomic E-state index is -0.288. The zero-order valence-electron chi connectivity index (χ0n) is 15.9. The molecule has 1 fully saturated rings. The number of anilines is 1. The Kier molecular flexibility index (Phi) is 5.73. The number of halogens is 1. The maximum Gasteiger partial charge on any atom is 0.325 e. The highest BCUT2D eigenvalue weighted by Gasteiger charge is 2.31. The first-order chi connectivity index (χ1) is 14.0. The molecule has 0 atom stereocenters. The van der Waals surface area contributed by atoms with Crippen LogP contribution < -0.4 is 4.90 Å². The van der Waals surface area contributed by atoms with Crippen LogP contribution in [0, 0.1) is 12.7 Å². The van der Waals surface area contributed by atoms with E-state index in [9.17, 15) is 14.0 Å². The third-order valence-corrected chi connectivity index (χ3v) is 7.00. The summed E-state index contributed by atoms with van der Waals surface area (Å²) in [6.07, 6.45) is 2.80. The summed E-state index contributed by atoms with van der Waals surface area (Å²) in [4.78, 5) is 33.9. The predicted octanol–water partition coefficient (Wildman–Crippen LogP) is 4.91. The van der Waals surface area contributed by atoms with Gasteiger partial charge in [0.25, 0.3) is 0 Å². The summed E-state index contributed by atoms with van der Waals surface area (Å²) in [7, 11) is 0. The van der Waals surface area contributed by atoms with Gasteiger partial charge in [-0.25, -0.2) is 14.2 Å². The van der Waals surface area contributed by atoms with Crippen molar-refractivity contribution in [2.24, 2.45) is 0 Å². The number of urea groups is 1. The summed E-state index contributed by atoms with van der Waals surface area (Å²) in [6.45, 7) is 3.53. The molecule has 5 nitrogen and oxygen atoms in total. The Morgan fingerprint density at radius 1 is 1.24 bits per heavy atom. The summed E-state index contributed by atoms with van der Waals surface area (Å²) < 4.78 is 13.1. The maximum absolute atomic E-state index is 13.1. The van der Waals surface area contributed by atoms with Crippen LogP contribution in [0.5, 0.6) is 0 Å². The Morgan fingerprint density at radius 3 is 2.76 bits per heavy atom. The fourth-order valence-corrected chi connectivity index (χ4v) is 5.11. The first-order valence-electron chi connectivity index (χ1n) is 9.34. The van der Waals surface area contributed by atoms with Crippen LogP contribution in [0.3, 0.4) is 0 Å². The number of aryl methyl sites for hydroxylation is 2. The lowest BCUT2D eigenvalue weighted by molar-refractivity contribution is 0.0986. The molecule has 1 aromatic carbocycles. The van der Waals surface area contributed by atoms with E-state index >= 15 is 0 Å². The fourth-order valence-electron chi connectivity index (χ4n) is 3.33. The molecule has 1 aliphatic heterocycles. The second-order valence-electron chi connectivity index (χ2n) is 6.93. The fraction of sp³-hybridized carbons (Fsp3) is 0.286. The Balaban J connectivity index is 1.42. The van der Waals surface area contributed by atoms with Gasteiger partial charge in [-0.05, 0) is 36.2 Å². The lowest BCUT2D eigenvalue weighted by atomic mass is 10.1. The number of Topliss-reactive ketones (excluding diaryl/α,β-unsaturated/α-hetero) is 1. The van der Waals surface area contributed by atoms with Gasteiger partial charge in [0.1, 0.15) is 5.82 Å². The highest BCUT2D eigenvalue weighted by atomic mass is 32.1. The predicted molar refractivity (Wildman–Crippen MR) is 113 cm³/mol. The van der Waals surface area contributed by atoms with Crippen molar-refractivity contribution in [3.05, 3.63) is 68.7 Å². The highest BCUT2D eigenvalue weighted by Crippen LogP contribution is 2.33. The van der Waals surface area contributed by atoms with Gasteiger partial charge in [-0.2, -0.15) is 0 Å². The van der Waals surface area contributed by atoms with Crippen molar-refractivity contribution >= 4 is 39.5 Å². The number of amides is 2. The van der Waals surface area contributed by atoms with Crippen molar-refractivity contribution in [2.75, 3.05) is 18.0 Å². The van der Waals surface area contributed by atoms with Gasteiger partial charge < -0.3 is 4.90 Å². The van der Waals surface area contributed by atoms with E-state index in [0.717, 1.165) is 21.1 Å². The molecule has 3 aromatic rings. The van der Waals surface area contributed by atoms with E-state index in [1.165, 1.54) is 23.5 Å². The summed E-state index contributed by atoms with van der Waals surface area (Å²) in [6, 6.07) is 8.03. The lowest BCUT2D eigenvalue weighted by Crippen LogP contribution is -2.30. The molecule has 0 N–H and O–H groups in total. The van der Waals surface area contributed by atoms with E-state index in [2.05, 4.69) is 4.98 Å². The third kappa shape index (κ3) is 4.38. The standard InChI is InChI=1S/C21H20FN3O2S2/c1-14-12-19(29-20(14)17(26)6-7-18-23-8-11-28-18)25-10-9-24(21(25)27)13-15-2-4-16(22)5-3-15/h2-5,8,11-12H,6-7,9-10,13H2,1H3. The minimum Gasteiger partial charge on any atom is -0.318 e. The van der Waals surface area contributed by atoms with Crippen LogP contribution >= 0.6 is 22.7 Å². The second kappa shape index (κ2) is 8.42. The number of rotatable bonds is 7. The summed E-state index contributed by atoms with van der Waals surface area (Å²) in [5.74, 6) is -0.201. The van der Waals surface area contributed by atoms with E-state index in [-0.39, 0.29) is 17.6 Å². The smallest absolute Gasteiger partial charge is 0.318 e. The van der Waals surface area contributed by atoms with Gasteiger partial charge in [0.2, 0.25) is 0 Å². The topological polar surface area (TPSA) is 53.5 Å². The molecule has 3 heterocycles. The highest BCUT2D eigenvalue weighted by molar-refractivity contribution is 7.18. The normalized spacial score (nSPS) is 14.1. The van der Waals surface area contributed by atoms with Crippen LogP contribution in [-0.4, -0.2) is 34.8 Å². The van der Waals surface area contributed by atoms with E-state index in [0.29, 0.717) is 37.4 Å². The number of hydrogen-bond donors (Lipinski definition) is 0. The molecular formula is C21H20FN3O2S2. The molecule has 8 heteroatoms. The van der Waals surface area contributed by atoms with Gasteiger partial charge in [-0.1, -0.05) is 12.1 Å². The van der Waals surface area contributed by atoms with E-state index < -0.39 is 0 Å². The van der Waals surface area contributed by atoms with Crippen molar-refractivity contribution in [3.63, 3.8) is 0 Å².